The Hall–Kier alpha value is 0.350. The van der Waals surface area contributed by atoms with Crippen LogP contribution in [-0.4, -0.2) is 17.6 Å². The van der Waals surface area contributed by atoms with Gasteiger partial charge in [0.05, 0.1) is 0 Å². The van der Waals surface area contributed by atoms with E-state index in [0.717, 1.165) is 0 Å². The molecule has 46 valence electrons. The van der Waals surface area contributed by atoms with Gasteiger partial charge in [-0.2, -0.15) is 8.42 Å². The molecule has 0 aliphatic carbocycles. The summed E-state index contributed by atoms with van der Waals surface area (Å²) in [4.78, 5) is 0. The highest BCUT2D eigenvalue weighted by molar-refractivity contribution is 9.10. The minimum absolute atomic E-state index is 0. The van der Waals surface area contributed by atoms with Crippen LogP contribution in [0, 0.1) is 0 Å². The van der Waals surface area contributed by atoms with Crippen LogP contribution in [0.15, 0.2) is 0 Å². The van der Waals surface area contributed by atoms with E-state index in [1.54, 1.807) is 0 Å². The van der Waals surface area contributed by atoms with Gasteiger partial charge in [0.25, 0.3) is 10.1 Å². The Morgan fingerprint density at radius 2 is 1.71 bits per heavy atom. The van der Waals surface area contributed by atoms with Gasteiger partial charge in [0.2, 0.25) is 0 Å². The quantitative estimate of drug-likeness (QED) is 0.464. The minimum atomic E-state index is -3.75. The first-order valence-corrected chi connectivity index (χ1v) is 3.80. The third kappa shape index (κ3) is 10.7. The van der Waals surface area contributed by atoms with Crippen molar-refractivity contribution in [2.45, 2.75) is 0 Å². The van der Waals surface area contributed by atoms with Crippen molar-refractivity contribution >= 4 is 26.0 Å². The normalized spacial score (nSPS) is 10.0. The summed E-state index contributed by atoms with van der Waals surface area (Å²) in [6, 6.07) is 0. The zero-order valence-corrected chi connectivity index (χ0v) is 5.87. The molecule has 0 aliphatic heterocycles. The summed E-state index contributed by atoms with van der Waals surface area (Å²) in [7, 11) is -3.75. The van der Waals surface area contributed by atoms with Crippen LogP contribution in [0.2, 0.25) is 0 Å². The Bertz CT molecular complexity index is 117. The molecule has 0 aromatic rings. The SMILES string of the molecule is N.O=S(=O)(O)CBr. The monoisotopic (exact) mass is 191 g/mol. The van der Waals surface area contributed by atoms with Gasteiger partial charge in [-0.15, -0.1) is 0 Å². The fourth-order valence-corrected chi connectivity index (χ4v) is 0. The lowest BCUT2D eigenvalue weighted by atomic mass is 11.9. The van der Waals surface area contributed by atoms with Gasteiger partial charge in [-0.25, -0.2) is 0 Å². The second-order valence-corrected chi connectivity index (χ2v) is 3.45. The molecule has 0 rings (SSSR count). The molecule has 0 atom stereocenters. The van der Waals surface area contributed by atoms with Crippen molar-refractivity contribution in [2.24, 2.45) is 0 Å². The van der Waals surface area contributed by atoms with Crippen molar-refractivity contribution in [1.82, 2.24) is 6.15 Å². The Labute approximate surface area is 50.4 Å². The number of alkyl halides is 1. The Morgan fingerprint density at radius 1 is 1.57 bits per heavy atom. The molecule has 0 bridgehead atoms. The molecule has 4 nitrogen and oxygen atoms in total. The predicted octanol–water partition coefficient (Wildman–Crippen LogP) is 0.389. The first-order chi connectivity index (χ1) is 2.56. The highest BCUT2D eigenvalue weighted by atomic mass is 79.9. The lowest BCUT2D eigenvalue weighted by Crippen LogP contribution is -1.95. The molecule has 0 aromatic heterocycles. The van der Waals surface area contributed by atoms with E-state index in [-0.39, 0.29) is 10.8 Å². The van der Waals surface area contributed by atoms with Crippen LogP contribution >= 0.6 is 15.9 Å². The molecule has 0 spiro atoms. The van der Waals surface area contributed by atoms with Crippen LogP contribution in [0.5, 0.6) is 0 Å². The molecule has 0 amide bonds. The summed E-state index contributed by atoms with van der Waals surface area (Å²) in [6.45, 7) is 0. The summed E-state index contributed by atoms with van der Waals surface area (Å²) >= 11 is 2.53. The number of rotatable bonds is 1. The highest BCUT2D eigenvalue weighted by Gasteiger charge is 1.95. The third-order valence-electron chi connectivity index (χ3n) is 0.138. The van der Waals surface area contributed by atoms with E-state index in [1.165, 1.54) is 0 Å². The van der Waals surface area contributed by atoms with Gasteiger partial charge in [-0.05, 0) is 0 Å². The summed E-state index contributed by atoms with van der Waals surface area (Å²) in [6.07, 6.45) is 0. The number of hydrogen-bond acceptors (Lipinski definition) is 3. The van der Waals surface area contributed by atoms with Crippen molar-refractivity contribution in [3.05, 3.63) is 0 Å². The summed E-state index contributed by atoms with van der Waals surface area (Å²) in [5.41, 5.74) is 0. The fourth-order valence-electron chi connectivity index (χ4n) is 0. The summed E-state index contributed by atoms with van der Waals surface area (Å²) < 4.78 is 26.4. The lowest BCUT2D eigenvalue weighted by Gasteiger charge is -1.78. The summed E-state index contributed by atoms with van der Waals surface area (Å²) in [5.74, 6) is 0. The maximum atomic E-state index is 9.51. The minimum Gasteiger partial charge on any atom is -0.344 e. The van der Waals surface area contributed by atoms with Crippen LogP contribution in [0.1, 0.15) is 0 Å². The largest absolute Gasteiger partial charge is 0.344 e. The van der Waals surface area contributed by atoms with E-state index >= 15 is 0 Å². The first-order valence-electron chi connectivity index (χ1n) is 1.07. The van der Waals surface area contributed by atoms with Crippen LogP contribution in [0.4, 0.5) is 0 Å². The van der Waals surface area contributed by atoms with Crippen LogP contribution < -0.4 is 6.15 Å². The highest BCUT2D eigenvalue weighted by Crippen LogP contribution is 1.86. The van der Waals surface area contributed by atoms with Crippen molar-refractivity contribution in [3.63, 3.8) is 0 Å². The molecule has 4 N–H and O–H groups in total. The van der Waals surface area contributed by atoms with Gasteiger partial charge in [0, 0.05) is 0 Å². The Balaban J connectivity index is 0. The zero-order valence-electron chi connectivity index (χ0n) is 3.46. The fraction of sp³-hybridized carbons (Fsp3) is 1.00. The van der Waals surface area contributed by atoms with Gasteiger partial charge in [-0.1, -0.05) is 15.9 Å². The molecule has 6 heteroatoms. The zero-order chi connectivity index (χ0) is 5.21. The lowest BCUT2D eigenvalue weighted by molar-refractivity contribution is 0.489. The van der Waals surface area contributed by atoms with Gasteiger partial charge in [-0.3, -0.25) is 4.55 Å². The van der Waals surface area contributed by atoms with E-state index in [0.29, 0.717) is 0 Å². The second kappa shape index (κ2) is 3.36. The molecule has 0 saturated heterocycles. The molecule has 7 heavy (non-hydrogen) atoms. The molecule has 0 radical (unpaired) electrons. The van der Waals surface area contributed by atoms with Crippen molar-refractivity contribution in [3.8, 4) is 0 Å². The van der Waals surface area contributed by atoms with Crippen molar-refractivity contribution < 1.29 is 13.0 Å². The second-order valence-electron chi connectivity index (χ2n) is 0.691. The standard InChI is InChI=1S/CH3BrO3S.H3N/c2-1-6(3,4)5;/h1H2,(H,3,4,5);1H3. The van der Waals surface area contributed by atoms with E-state index in [1.807, 2.05) is 0 Å². The third-order valence-corrected chi connectivity index (χ3v) is 2.15. The van der Waals surface area contributed by atoms with Gasteiger partial charge < -0.3 is 6.15 Å². The number of hydrogen-bond donors (Lipinski definition) is 2. The first kappa shape index (κ1) is 10.4. The van der Waals surface area contributed by atoms with Crippen molar-refractivity contribution in [1.29, 1.82) is 0 Å². The molecule has 0 unspecified atom stereocenters. The molecule has 0 aromatic carbocycles. The van der Waals surface area contributed by atoms with Crippen LogP contribution in [-0.2, 0) is 10.1 Å². The molecule has 0 aliphatic rings. The Kier molecular flexibility index (Phi) is 4.98. The maximum absolute atomic E-state index is 9.51. The van der Waals surface area contributed by atoms with Crippen molar-refractivity contribution in [2.75, 3.05) is 4.66 Å². The summed E-state index contributed by atoms with van der Waals surface area (Å²) in [5, 5.41) is 0. The van der Waals surface area contributed by atoms with Crippen LogP contribution in [0.25, 0.3) is 0 Å². The Morgan fingerprint density at radius 3 is 1.71 bits per heavy atom. The van der Waals surface area contributed by atoms with E-state index in [4.69, 9.17) is 4.55 Å². The van der Waals surface area contributed by atoms with Gasteiger partial charge in [0.1, 0.15) is 4.66 Å². The average Bonchev–Trinajstić information content (AvgIpc) is 1.35. The van der Waals surface area contributed by atoms with E-state index in [9.17, 15) is 8.42 Å². The molecule has 0 saturated carbocycles. The van der Waals surface area contributed by atoms with Crippen LogP contribution in [0.3, 0.4) is 0 Å². The maximum Gasteiger partial charge on any atom is 0.274 e. The predicted molar refractivity (Wildman–Crippen MR) is 30.4 cm³/mol. The smallest absolute Gasteiger partial charge is 0.274 e. The molecule has 0 heterocycles. The number of halogens is 1. The molecular formula is CH6BrNO3S. The van der Waals surface area contributed by atoms with E-state index < -0.39 is 10.1 Å². The van der Waals surface area contributed by atoms with Gasteiger partial charge >= 0.3 is 0 Å². The van der Waals surface area contributed by atoms with E-state index in [2.05, 4.69) is 15.9 Å². The molecule has 0 fully saturated rings. The average molecular weight is 192 g/mol. The topological polar surface area (TPSA) is 89.4 Å². The van der Waals surface area contributed by atoms with Gasteiger partial charge in [0.15, 0.2) is 0 Å². The molecular weight excluding hydrogens is 186 g/mol.